The smallest absolute Gasteiger partial charge is 0.216 e. The van der Waals surface area contributed by atoms with E-state index in [1.54, 1.807) is 22.8 Å². The van der Waals surface area contributed by atoms with Crippen molar-refractivity contribution < 1.29 is 8.42 Å². The quantitative estimate of drug-likeness (QED) is 0.894. The molecule has 6 heteroatoms. The fraction of sp³-hybridized carbons (Fsp3) is 0.615. The fourth-order valence-corrected chi connectivity index (χ4v) is 5.47. The van der Waals surface area contributed by atoms with Crippen molar-refractivity contribution in [3.63, 3.8) is 0 Å². The topological polar surface area (TPSA) is 76.3 Å². The zero-order valence-electron chi connectivity index (χ0n) is 10.8. The molecular weight excluding hydrogens is 262 g/mol. The predicted octanol–water partition coefficient (Wildman–Crippen LogP) is 1.04. The van der Waals surface area contributed by atoms with E-state index in [-0.39, 0.29) is 17.8 Å². The van der Waals surface area contributed by atoms with E-state index in [0.29, 0.717) is 0 Å². The molecule has 0 radical (unpaired) electrons. The summed E-state index contributed by atoms with van der Waals surface area (Å²) in [5, 5.41) is 0. The average Bonchev–Trinajstić information content (AvgIpc) is 3.00. The summed E-state index contributed by atoms with van der Waals surface area (Å²) in [4.78, 5) is 3.99. The first-order chi connectivity index (χ1) is 9.08. The van der Waals surface area contributed by atoms with Crippen molar-refractivity contribution in [1.82, 2.24) is 9.29 Å². The normalized spacial score (nSPS) is 28.7. The molecule has 2 saturated heterocycles. The number of hydrogen-bond acceptors (Lipinski definition) is 4. The molecule has 2 aliphatic heterocycles. The summed E-state index contributed by atoms with van der Waals surface area (Å²) in [7, 11) is -3.26. The maximum absolute atomic E-state index is 12.5. The highest BCUT2D eigenvalue weighted by molar-refractivity contribution is 7.89. The highest BCUT2D eigenvalue weighted by Gasteiger charge is 2.46. The Morgan fingerprint density at radius 2 is 1.95 bits per heavy atom. The van der Waals surface area contributed by atoms with Crippen molar-refractivity contribution in [1.29, 1.82) is 0 Å². The molecule has 2 bridgehead atoms. The minimum Gasteiger partial charge on any atom is -0.323 e. The lowest BCUT2D eigenvalue weighted by Gasteiger charge is -2.23. The molecule has 2 aliphatic rings. The average molecular weight is 281 g/mol. The fourth-order valence-electron chi connectivity index (χ4n) is 3.32. The van der Waals surface area contributed by atoms with Crippen molar-refractivity contribution in [3.05, 3.63) is 30.1 Å². The first-order valence-electron chi connectivity index (χ1n) is 6.74. The number of hydrogen-bond donors (Lipinski definition) is 1. The second-order valence-corrected chi connectivity index (χ2v) is 7.38. The van der Waals surface area contributed by atoms with Crippen LogP contribution in [0.4, 0.5) is 0 Å². The lowest BCUT2D eigenvalue weighted by molar-refractivity contribution is 0.394. The van der Waals surface area contributed by atoms with Gasteiger partial charge in [-0.3, -0.25) is 4.98 Å². The first-order valence-corrected chi connectivity index (χ1v) is 8.35. The molecule has 2 N–H and O–H groups in total. The largest absolute Gasteiger partial charge is 0.323 e. The van der Waals surface area contributed by atoms with E-state index < -0.39 is 16.1 Å². The lowest BCUT2D eigenvalue weighted by atomic mass is 10.0. The summed E-state index contributed by atoms with van der Waals surface area (Å²) >= 11 is 0. The number of rotatable bonds is 4. The van der Waals surface area contributed by atoms with Gasteiger partial charge in [-0.25, -0.2) is 8.42 Å². The number of pyridine rings is 1. The molecule has 0 aliphatic carbocycles. The minimum atomic E-state index is -3.26. The van der Waals surface area contributed by atoms with Gasteiger partial charge in [-0.1, -0.05) is 6.07 Å². The Bertz CT molecular complexity index is 526. The molecule has 3 rings (SSSR count). The van der Waals surface area contributed by atoms with Crippen molar-refractivity contribution in [2.75, 3.05) is 5.75 Å². The Balaban J connectivity index is 1.76. The van der Waals surface area contributed by atoms with Crippen LogP contribution in [0.15, 0.2) is 24.5 Å². The van der Waals surface area contributed by atoms with E-state index in [2.05, 4.69) is 4.98 Å². The third kappa shape index (κ3) is 2.40. The molecule has 1 atom stereocenters. The standard InChI is InChI=1S/C13H19N3O2S/c14-13(10-2-1-7-15-8-10)9-19(17,18)16-11-3-4-12(16)6-5-11/h1-2,7-8,11-13H,3-6,9,14H2. The maximum atomic E-state index is 12.5. The number of sulfonamides is 1. The van der Waals surface area contributed by atoms with E-state index >= 15 is 0 Å². The van der Waals surface area contributed by atoms with Crippen molar-refractivity contribution in [2.45, 2.75) is 43.8 Å². The van der Waals surface area contributed by atoms with Gasteiger partial charge in [0.15, 0.2) is 0 Å². The molecular formula is C13H19N3O2S. The van der Waals surface area contributed by atoms with Crippen LogP contribution in [0, 0.1) is 0 Å². The third-order valence-electron chi connectivity index (χ3n) is 4.21. The molecule has 1 unspecified atom stereocenters. The Morgan fingerprint density at radius 1 is 1.32 bits per heavy atom. The van der Waals surface area contributed by atoms with Gasteiger partial charge in [-0.15, -0.1) is 0 Å². The molecule has 2 fully saturated rings. The van der Waals surface area contributed by atoms with E-state index in [1.165, 1.54) is 0 Å². The Kier molecular flexibility index (Phi) is 3.32. The van der Waals surface area contributed by atoms with Crippen LogP contribution in [0.5, 0.6) is 0 Å². The molecule has 104 valence electrons. The van der Waals surface area contributed by atoms with Crippen LogP contribution in [0.2, 0.25) is 0 Å². The third-order valence-corrected chi connectivity index (χ3v) is 6.23. The van der Waals surface area contributed by atoms with Crippen LogP contribution in [0.1, 0.15) is 37.3 Å². The van der Waals surface area contributed by atoms with E-state index in [1.807, 2.05) is 6.07 Å². The first kappa shape index (κ1) is 13.0. The molecule has 1 aromatic heterocycles. The molecule has 0 spiro atoms. The van der Waals surface area contributed by atoms with Crippen LogP contribution in [-0.2, 0) is 10.0 Å². The molecule has 3 heterocycles. The predicted molar refractivity (Wildman–Crippen MR) is 72.8 cm³/mol. The van der Waals surface area contributed by atoms with E-state index in [0.717, 1.165) is 31.2 Å². The summed E-state index contributed by atoms with van der Waals surface area (Å²) < 4.78 is 26.7. The van der Waals surface area contributed by atoms with Crippen LogP contribution in [-0.4, -0.2) is 35.5 Å². The number of nitrogens with zero attached hydrogens (tertiary/aromatic N) is 2. The number of aromatic nitrogens is 1. The minimum absolute atomic E-state index is 0.0221. The zero-order chi connectivity index (χ0) is 13.5. The summed E-state index contributed by atoms with van der Waals surface area (Å²) in [6.45, 7) is 0. The highest BCUT2D eigenvalue weighted by atomic mass is 32.2. The Labute approximate surface area is 113 Å². The Morgan fingerprint density at radius 3 is 2.47 bits per heavy atom. The van der Waals surface area contributed by atoms with Crippen LogP contribution in [0.25, 0.3) is 0 Å². The number of nitrogens with two attached hydrogens (primary N) is 1. The van der Waals surface area contributed by atoms with E-state index in [4.69, 9.17) is 5.73 Å². The summed E-state index contributed by atoms with van der Waals surface area (Å²) in [5.74, 6) is -0.0221. The van der Waals surface area contributed by atoms with Gasteiger partial charge in [0, 0.05) is 30.5 Å². The van der Waals surface area contributed by atoms with Crippen molar-refractivity contribution >= 4 is 10.0 Å². The second-order valence-electron chi connectivity index (χ2n) is 5.46. The zero-order valence-corrected chi connectivity index (χ0v) is 11.6. The number of fused-ring (bicyclic) bond motifs is 2. The van der Waals surface area contributed by atoms with E-state index in [9.17, 15) is 8.42 Å². The van der Waals surface area contributed by atoms with Crippen LogP contribution in [0.3, 0.4) is 0 Å². The monoisotopic (exact) mass is 281 g/mol. The summed E-state index contributed by atoms with van der Waals surface area (Å²) in [6.07, 6.45) is 7.32. The molecule has 19 heavy (non-hydrogen) atoms. The molecule has 0 saturated carbocycles. The van der Waals surface area contributed by atoms with Gasteiger partial charge in [-0.2, -0.15) is 4.31 Å². The van der Waals surface area contributed by atoms with Crippen molar-refractivity contribution in [3.8, 4) is 0 Å². The lowest BCUT2D eigenvalue weighted by Crippen LogP contribution is -2.39. The maximum Gasteiger partial charge on any atom is 0.216 e. The van der Waals surface area contributed by atoms with Gasteiger partial charge in [0.25, 0.3) is 0 Å². The van der Waals surface area contributed by atoms with Gasteiger partial charge in [0.1, 0.15) is 0 Å². The SMILES string of the molecule is NC(CS(=O)(=O)N1C2CCC1CC2)c1cccnc1. The van der Waals surface area contributed by atoms with Gasteiger partial charge in [-0.05, 0) is 37.3 Å². The van der Waals surface area contributed by atoms with Gasteiger partial charge >= 0.3 is 0 Å². The van der Waals surface area contributed by atoms with Crippen LogP contribution < -0.4 is 5.73 Å². The highest BCUT2D eigenvalue weighted by Crippen LogP contribution is 2.40. The Hall–Kier alpha value is -0.980. The molecule has 1 aromatic rings. The van der Waals surface area contributed by atoms with Gasteiger partial charge in [0.2, 0.25) is 10.0 Å². The summed E-state index contributed by atoms with van der Waals surface area (Å²) in [6, 6.07) is 3.54. The molecule has 0 aromatic carbocycles. The second kappa shape index (κ2) is 4.85. The molecule has 0 amide bonds. The van der Waals surface area contributed by atoms with Crippen LogP contribution >= 0.6 is 0 Å². The summed E-state index contributed by atoms with van der Waals surface area (Å²) in [5.41, 5.74) is 6.79. The van der Waals surface area contributed by atoms with Gasteiger partial charge in [0.05, 0.1) is 5.75 Å². The van der Waals surface area contributed by atoms with Crippen molar-refractivity contribution in [2.24, 2.45) is 5.73 Å². The molecule has 5 nitrogen and oxygen atoms in total. The van der Waals surface area contributed by atoms with Gasteiger partial charge < -0.3 is 5.73 Å².